The van der Waals surface area contributed by atoms with Crippen molar-refractivity contribution < 1.29 is 13.9 Å². The van der Waals surface area contributed by atoms with Crippen LogP contribution in [0.15, 0.2) is 18.2 Å². The Bertz CT molecular complexity index is 314. The number of aryl methyl sites for hydroxylation is 1. The highest BCUT2D eigenvalue weighted by Gasteiger charge is 2.08. The Morgan fingerprint density at radius 3 is 2.71 bits per heavy atom. The van der Waals surface area contributed by atoms with Crippen LogP contribution in [-0.4, -0.2) is 12.6 Å². The Hall–Kier alpha value is -1.38. The lowest BCUT2D eigenvalue weighted by atomic mass is 10.1. The van der Waals surface area contributed by atoms with Crippen LogP contribution in [0, 0.1) is 12.7 Å². The van der Waals surface area contributed by atoms with E-state index in [9.17, 15) is 9.18 Å². The number of ether oxygens (including phenoxy) is 1. The van der Waals surface area contributed by atoms with E-state index in [1.165, 1.54) is 12.1 Å². The smallest absolute Gasteiger partial charge is 0.338 e. The third-order valence-corrected chi connectivity index (χ3v) is 1.72. The van der Waals surface area contributed by atoms with E-state index in [0.717, 1.165) is 6.42 Å². The first-order chi connectivity index (χ1) is 6.63. The summed E-state index contributed by atoms with van der Waals surface area (Å²) in [6, 6.07) is 4.17. The van der Waals surface area contributed by atoms with Crippen LogP contribution in [0.25, 0.3) is 0 Å². The van der Waals surface area contributed by atoms with Gasteiger partial charge < -0.3 is 4.74 Å². The van der Waals surface area contributed by atoms with Crippen molar-refractivity contribution in [1.29, 1.82) is 0 Å². The number of carbonyl (C=O) groups excluding carboxylic acids is 1. The van der Waals surface area contributed by atoms with E-state index in [2.05, 4.69) is 0 Å². The summed E-state index contributed by atoms with van der Waals surface area (Å²) in [7, 11) is 0. The molecule has 0 aliphatic carbocycles. The van der Waals surface area contributed by atoms with Crippen LogP contribution in [0.4, 0.5) is 4.39 Å². The third kappa shape index (κ3) is 2.83. The van der Waals surface area contributed by atoms with Gasteiger partial charge in [-0.3, -0.25) is 0 Å². The third-order valence-electron chi connectivity index (χ3n) is 1.72. The zero-order valence-corrected chi connectivity index (χ0v) is 8.34. The van der Waals surface area contributed by atoms with Gasteiger partial charge in [-0.25, -0.2) is 9.18 Å². The van der Waals surface area contributed by atoms with Crippen molar-refractivity contribution in [3.05, 3.63) is 35.1 Å². The summed E-state index contributed by atoms with van der Waals surface area (Å²) in [5, 5.41) is 0. The van der Waals surface area contributed by atoms with Crippen molar-refractivity contribution in [2.24, 2.45) is 0 Å². The van der Waals surface area contributed by atoms with Gasteiger partial charge in [0.05, 0.1) is 12.2 Å². The van der Waals surface area contributed by atoms with Gasteiger partial charge in [-0.15, -0.1) is 0 Å². The van der Waals surface area contributed by atoms with Gasteiger partial charge in [-0.2, -0.15) is 0 Å². The van der Waals surface area contributed by atoms with Gasteiger partial charge in [0.25, 0.3) is 0 Å². The standard InChI is InChI=1S/C11H13FO2/c1-3-4-14-11(13)9-5-8(2)6-10(12)7-9/h5-7H,3-4H2,1-2H3. The molecule has 0 atom stereocenters. The molecule has 0 radical (unpaired) electrons. The molecule has 76 valence electrons. The molecular formula is C11H13FO2. The number of hydrogen-bond acceptors (Lipinski definition) is 2. The Kier molecular flexibility index (Phi) is 3.63. The summed E-state index contributed by atoms with van der Waals surface area (Å²) >= 11 is 0. The lowest BCUT2D eigenvalue weighted by molar-refractivity contribution is 0.0504. The molecule has 2 nitrogen and oxygen atoms in total. The summed E-state index contributed by atoms with van der Waals surface area (Å²) in [4.78, 5) is 11.3. The topological polar surface area (TPSA) is 26.3 Å². The average molecular weight is 196 g/mol. The fourth-order valence-electron chi connectivity index (χ4n) is 1.13. The van der Waals surface area contributed by atoms with E-state index in [0.29, 0.717) is 12.2 Å². The lowest BCUT2D eigenvalue weighted by Crippen LogP contribution is -2.06. The molecule has 0 spiro atoms. The highest BCUT2D eigenvalue weighted by atomic mass is 19.1. The van der Waals surface area contributed by atoms with Gasteiger partial charge in [-0.05, 0) is 37.1 Å². The fourth-order valence-corrected chi connectivity index (χ4v) is 1.13. The quantitative estimate of drug-likeness (QED) is 0.695. The highest BCUT2D eigenvalue weighted by Crippen LogP contribution is 2.09. The zero-order valence-electron chi connectivity index (χ0n) is 8.34. The second-order valence-electron chi connectivity index (χ2n) is 3.15. The summed E-state index contributed by atoms with van der Waals surface area (Å²) in [6.45, 7) is 4.01. The van der Waals surface area contributed by atoms with Crippen molar-refractivity contribution in [1.82, 2.24) is 0 Å². The molecule has 0 fully saturated rings. The number of rotatable bonds is 3. The minimum atomic E-state index is -0.463. The molecule has 0 amide bonds. The maximum absolute atomic E-state index is 12.9. The fraction of sp³-hybridized carbons (Fsp3) is 0.364. The van der Waals surface area contributed by atoms with Crippen LogP contribution in [0.3, 0.4) is 0 Å². The molecule has 0 saturated heterocycles. The Labute approximate surface area is 82.7 Å². The highest BCUT2D eigenvalue weighted by molar-refractivity contribution is 5.89. The van der Waals surface area contributed by atoms with Gasteiger partial charge in [0.2, 0.25) is 0 Å². The minimum absolute atomic E-state index is 0.274. The predicted molar refractivity (Wildman–Crippen MR) is 51.7 cm³/mol. The first-order valence-corrected chi connectivity index (χ1v) is 4.58. The molecule has 0 aromatic heterocycles. The molecule has 1 rings (SSSR count). The number of halogens is 1. The van der Waals surface area contributed by atoms with Gasteiger partial charge >= 0.3 is 5.97 Å². The van der Waals surface area contributed by atoms with Crippen molar-refractivity contribution >= 4 is 5.97 Å². The van der Waals surface area contributed by atoms with Crippen LogP contribution in [0.1, 0.15) is 29.3 Å². The monoisotopic (exact) mass is 196 g/mol. The van der Waals surface area contributed by atoms with Gasteiger partial charge in [0, 0.05) is 0 Å². The van der Waals surface area contributed by atoms with Crippen LogP contribution < -0.4 is 0 Å². The second kappa shape index (κ2) is 4.74. The molecule has 1 aromatic rings. The van der Waals surface area contributed by atoms with Crippen LogP contribution in [0.5, 0.6) is 0 Å². The first-order valence-electron chi connectivity index (χ1n) is 4.58. The largest absolute Gasteiger partial charge is 0.462 e. The van der Waals surface area contributed by atoms with Crippen molar-refractivity contribution in [3.63, 3.8) is 0 Å². The summed E-state index contributed by atoms with van der Waals surface area (Å²) in [5.41, 5.74) is 0.990. The van der Waals surface area contributed by atoms with Crippen molar-refractivity contribution in [2.75, 3.05) is 6.61 Å². The van der Waals surface area contributed by atoms with E-state index in [1.54, 1.807) is 13.0 Å². The van der Waals surface area contributed by atoms with Gasteiger partial charge in [0.1, 0.15) is 5.82 Å². The second-order valence-corrected chi connectivity index (χ2v) is 3.15. The lowest BCUT2D eigenvalue weighted by Gasteiger charge is -2.03. The van der Waals surface area contributed by atoms with E-state index in [4.69, 9.17) is 4.74 Å². The number of esters is 1. The van der Waals surface area contributed by atoms with E-state index in [1.807, 2.05) is 6.92 Å². The summed E-state index contributed by atoms with van der Waals surface area (Å²) in [6.07, 6.45) is 0.764. The predicted octanol–water partition coefficient (Wildman–Crippen LogP) is 2.70. The van der Waals surface area contributed by atoms with Gasteiger partial charge in [0.15, 0.2) is 0 Å². The SMILES string of the molecule is CCCOC(=O)c1cc(C)cc(F)c1. The Balaban J connectivity index is 2.79. The average Bonchev–Trinajstić information content (AvgIpc) is 2.12. The summed E-state index contributed by atoms with van der Waals surface area (Å²) < 4.78 is 17.8. The molecule has 14 heavy (non-hydrogen) atoms. The maximum atomic E-state index is 12.9. The number of benzene rings is 1. The van der Waals surface area contributed by atoms with E-state index < -0.39 is 11.8 Å². The zero-order chi connectivity index (χ0) is 10.6. The van der Waals surface area contributed by atoms with Crippen LogP contribution in [0.2, 0.25) is 0 Å². The van der Waals surface area contributed by atoms with Crippen LogP contribution in [-0.2, 0) is 4.74 Å². The van der Waals surface area contributed by atoms with E-state index >= 15 is 0 Å². The normalized spacial score (nSPS) is 9.93. The van der Waals surface area contributed by atoms with Crippen molar-refractivity contribution in [3.8, 4) is 0 Å². The molecule has 0 N–H and O–H groups in total. The first kappa shape index (κ1) is 10.7. The Morgan fingerprint density at radius 1 is 1.43 bits per heavy atom. The number of carbonyl (C=O) groups is 1. The molecule has 1 aromatic carbocycles. The molecular weight excluding hydrogens is 183 g/mol. The molecule has 0 bridgehead atoms. The molecule has 0 aliphatic rings. The molecule has 0 heterocycles. The Morgan fingerprint density at radius 2 is 2.14 bits per heavy atom. The number of hydrogen-bond donors (Lipinski definition) is 0. The van der Waals surface area contributed by atoms with Crippen molar-refractivity contribution in [2.45, 2.75) is 20.3 Å². The summed E-state index contributed by atoms with van der Waals surface area (Å²) in [5.74, 6) is -0.872. The maximum Gasteiger partial charge on any atom is 0.338 e. The molecule has 3 heteroatoms. The minimum Gasteiger partial charge on any atom is -0.462 e. The van der Waals surface area contributed by atoms with Crippen LogP contribution >= 0.6 is 0 Å². The van der Waals surface area contributed by atoms with E-state index in [-0.39, 0.29) is 5.56 Å². The molecule has 0 unspecified atom stereocenters. The molecule has 0 saturated carbocycles. The molecule has 0 aliphatic heterocycles. The van der Waals surface area contributed by atoms with Gasteiger partial charge in [-0.1, -0.05) is 6.92 Å².